The Kier molecular flexibility index (Phi) is 3.29. The molecule has 4 aliphatic carbocycles. The molecule has 4 saturated carbocycles. The van der Waals surface area contributed by atoms with E-state index < -0.39 is 2.14 Å². The van der Waals surface area contributed by atoms with Gasteiger partial charge in [0.05, 0.1) is 0 Å². The summed E-state index contributed by atoms with van der Waals surface area (Å²) >= 11 is 10.00. The van der Waals surface area contributed by atoms with Gasteiger partial charge in [0.25, 0.3) is 5.91 Å². The first-order valence-corrected chi connectivity index (χ1v) is 9.31. The van der Waals surface area contributed by atoms with E-state index in [0.29, 0.717) is 10.8 Å². The van der Waals surface area contributed by atoms with Crippen LogP contribution >= 0.6 is 47.8 Å². The molecule has 4 rings (SSSR count). The van der Waals surface area contributed by atoms with Crippen LogP contribution < -0.4 is 5.32 Å². The minimum Gasteiger partial charge on any atom is -0.348 e. The van der Waals surface area contributed by atoms with E-state index in [9.17, 15) is 4.79 Å². The van der Waals surface area contributed by atoms with E-state index in [2.05, 4.69) is 67.0 Å². The Labute approximate surface area is 140 Å². The van der Waals surface area contributed by atoms with Crippen molar-refractivity contribution in [3.8, 4) is 0 Å². The maximum atomic E-state index is 12.3. The third-order valence-electron chi connectivity index (χ3n) is 5.26. The van der Waals surface area contributed by atoms with Gasteiger partial charge in [-0.15, -0.1) is 0 Å². The van der Waals surface area contributed by atoms with Crippen molar-refractivity contribution in [1.82, 2.24) is 5.32 Å². The fourth-order valence-electron chi connectivity index (χ4n) is 5.90. The van der Waals surface area contributed by atoms with Gasteiger partial charge in [0.2, 0.25) is 2.14 Å². The number of hydrogen-bond acceptors (Lipinski definition) is 1. The van der Waals surface area contributed by atoms with Crippen LogP contribution in [-0.2, 0) is 4.79 Å². The van der Waals surface area contributed by atoms with Gasteiger partial charge >= 0.3 is 0 Å². The highest BCUT2D eigenvalue weighted by atomic mass is 80.0. The van der Waals surface area contributed by atoms with Crippen LogP contribution in [0.4, 0.5) is 0 Å². The van der Waals surface area contributed by atoms with Crippen LogP contribution in [-0.4, -0.2) is 13.6 Å². The van der Waals surface area contributed by atoms with Crippen LogP contribution in [0.15, 0.2) is 0 Å². The molecule has 19 heavy (non-hydrogen) atoms. The second-order valence-corrected chi connectivity index (χ2v) is 14.6. The molecular formula is C14H20Br3NO. The number of alkyl halides is 3. The van der Waals surface area contributed by atoms with E-state index in [1.165, 1.54) is 19.3 Å². The van der Waals surface area contributed by atoms with Crippen molar-refractivity contribution in [2.75, 3.05) is 0 Å². The van der Waals surface area contributed by atoms with E-state index in [4.69, 9.17) is 0 Å². The monoisotopic (exact) mass is 455 g/mol. The number of nitrogens with one attached hydrogen (secondary N) is 1. The van der Waals surface area contributed by atoms with Crippen LogP contribution in [0.2, 0.25) is 0 Å². The molecule has 0 heterocycles. The number of halogens is 3. The molecule has 4 fully saturated rings. The molecule has 0 aliphatic heterocycles. The predicted octanol–water partition coefficient (Wildman–Crippen LogP) is 4.69. The summed E-state index contributed by atoms with van der Waals surface area (Å²) in [5.74, 6) is 0.781. The largest absolute Gasteiger partial charge is 0.348 e. The van der Waals surface area contributed by atoms with Gasteiger partial charge in [-0.25, -0.2) is 0 Å². The summed E-state index contributed by atoms with van der Waals surface area (Å²) in [5, 5.41) is 3.34. The zero-order valence-electron chi connectivity index (χ0n) is 11.4. The standard InChI is InChI=1S/C14H20Br3NO/c1-11-3-9-4-12(2,6-11)8-13(5-9,7-11)18-10(19)14(15,16)17/h9H,3-8H2,1-2H3,(H,18,19)/t9?,11-,12+,13?. The molecule has 4 bridgehead atoms. The zero-order chi connectivity index (χ0) is 14.1. The highest BCUT2D eigenvalue weighted by molar-refractivity contribution is 9.40. The summed E-state index contributed by atoms with van der Waals surface area (Å²) in [6.45, 7) is 4.83. The molecule has 0 aromatic heterocycles. The number of carbonyl (C=O) groups is 1. The van der Waals surface area contributed by atoms with Gasteiger partial charge in [0.15, 0.2) is 0 Å². The molecule has 1 amide bonds. The van der Waals surface area contributed by atoms with Crippen LogP contribution in [0.1, 0.15) is 52.4 Å². The van der Waals surface area contributed by atoms with Crippen LogP contribution in [0.3, 0.4) is 0 Å². The summed E-state index contributed by atoms with van der Waals surface area (Å²) in [5.41, 5.74) is 0.866. The van der Waals surface area contributed by atoms with E-state index >= 15 is 0 Å². The summed E-state index contributed by atoms with van der Waals surface area (Å²) in [4.78, 5) is 12.3. The average molecular weight is 458 g/mol. The molecule has 2 unspecified atom stereocenters. The van der Waals surface area contributed by atoms with E-state index in [1.54, 1.807) is 0 Å². The molecule has 0 aromatic carbocycles. The first-order chi connectivity index (χ1) is 8.53. The molecule has 2 nitrogen and oxygen atoms in total. The van der Waals surface area contributed by atoms with E-state index in [0.717, 1.165) is 25.2 Å². The maximum Gasteiger partial charge on any atom is 0.259 e. The van der Waals surface area contributed by atoms with Gasteiger partial charge < -0.3 is 5.32 Å². The lowest BCUT2D eigenvalue weighted by Gasteiger charge is -2.65. The van der Waals surface area contributed by atoms with Crippen LogP contribution in [0, 0.1) is 16.7 Å². The molecular weight excluding hydrogens is 438 g/mol. The van der Waals surface area contributed by atoms with Crippen molar-refractivity contribution < 1.29 is 4.79 Å². The maximum absolute atomic E-state index is 12.3. The zero-order valence-corrected chi connectivity index (χ0v) is 16.1. The third-order valence-corrected chi connectivity index (χ3v) is 6.34. The highest BCUT2D eigenvalue weighted by Crippen LogP contribution is 2.66. The molecule has 0 radical (unpaired) electrons. The molecule has 0 spiro atoms. The van der Waals surface area contributed by atoms with Crippen molar-refractivity contribution in [3.05, 3.63) is 0 Å². The van der Waals surface area contributed by atoms with E-state index in [1.807, 2.05) is 0 Å². The molecule has 4 atom stereocenters. The van der Waals surface area contributed by atoms with Gasteiger partial charge in [0, 0.05) is 5.54 Å². The van der Waals surface area contributed by atoms with Crippen molar-refractivity contribution in [1.29, 1.82) is 0 Å². The predicted molar refractivity (Wildman–Crippen MR) is 87.8 cm³/mol. The Morgan fingerprint density at radius 3 is 2.00 bits per heavy atom. The van der Waals surface area contributed by atoms with Gasteiger partial charge in [-0.2, -0.15) is 0 Å². The Morgan fingerprint density at radius 2 is 1.58 bits per heavy atom. The third kappa shape index (κ3) is 2.68. The lowest BCUT2D eigenvalue weighted by atomic mass is 9.43. The second-order valence-electron chi connectivity index (χ2n) is 7.86. The minimum absolute atomic E-state index is 0.0124. The normalized spacial score (nSPS) is 48.4. The number of rotatable bonds is 1. The summed E-state index contributed by atoms with van der Waals surface area (Å²) in [6, 6.07) is 0. The lowest BCUT2D eigenvalue weighted by molar-refractivity contribution is -0.138. The number of amides is 1. The Balaban J connectivity index is 1.87. The molecule has 0 aromatic rings. The van der Waals surface area contributed by atoms with Crippen molar-refractivity contribution in [2.24, 2.45) is 16.7 Å². The van der Waals surface area contributed by atoms with Crippen LogP contribution in [0.25, 0.3) is 0 Å². The first kappa shape index (κ1) is 14.8. The van der Waals surface area contributed by atoms with Crippen molar-refractivity contribution in [3.63, 3.8) is 0 Å². The fourth-order valence-corrected chi connectivity index (χ4v) is 6.20. The molecule has 4 aliphatic rings. The van der Waals surface area contributed by atoms with Crippen LogP contribution in [0.5, 0.6) is 0 Å². The van der Waals surface area contributed by atoms with E-state index in [-0.39, 0.29) is 11.4 Å². The van der Waals surface area contributed by atoms with Gasteiger partial charge in [-0.3, -0.25) is 4.79 Å². The Bertz CT molecular complexity index is 413. The lowest BCUT2D eigenvalue weighted by Crippen LogP contribution is -2.66. The molecule has 0 saturated heterocycles. The topological polar surface area (TPSA) is 29.1 Å². The quantitative estimate of drug-likeness (QED) is 0.568. The first-order valence-electron chi connectivity index (χ1n) is 6.93. The minimum atomic E-state index is -0.835. The Hall–Kier alpha value is 0.910. The summed E-state index contributed by atoms with van der Waals surface area (Å²) in [7, 11) is 0. The smallest absolute Gasteiger partial charge is 0.259 e. The molecule has 5 heteroatoms. The average Bonchev–Trinajstić information content (AvgIpc) is 2.07. The summed E-state index contributed by atoms with van der Waals surface area (Å²) in [6.07, 6.45) is 7.47. The van der Waals surface area contributed by atoms with Gasteiger partial charge in [-0.1, -0.05) is 13.8 Å². The molecule has 1 N–H and O–H groups in total. The fraction of sp³-hybridized carbons (Fsp3) is 0.929. The van der Waals surface area contributed by atoms with Crippen molar-refractivity contribution >= 4 is 53.7 Å². The number of hydrogen-bond donors (Lipinski definition) is 1. The van der Waals surface area contributed by atoms with Gasteiger partial charge in [-0.05, 0) is 103 Å². The highest BCUT2D eigenvalue weighted by Gasteiger charge is 2.60. The summed E-state index contributed by atoms with van der Waals surface area (Å²) < 4.78 is -0.835. The number of carbonyl (C=O) groups excluding carboxylic acids is 1. The van der Waals surface area contributed by atoms with Gasteiger partial charge in [0.1, 0.15) is 0 Å². The van der Waals surface area contributed by atoms with Crippen molar-refractivity contribution in [2.45, 2.75) is 60.1 Å². The Morgan fingerprint density at radius 1 is 1.05 bits per heavy atom. The SMILES string of the molecule is C[C@]12CC3CC(NC(=O)C(Br)(Br)Br)(C1)C[C@@](C)(C3)C2. The molecule has 108 valence electrons. The second kappa shape index (κ2) is 4.22.